The highest BCUT2D eigenvalue weighted by Crippen LogP contribution is 2.87. The lowest BCUT2D eigenvalue weighted by molar-refractivity contribution is -0.172. The van der Waals surface area contributed by atoms with Crippen molar-refractivity contribution in [2.24, 2.45) is 44.8 Å². The van der Waals surface area contributed by atoms with Crippen molar-refractivity contribution < 1.29 is 14.7 Å². The van der Waals surface area contributed by atoms with Gasteiger partial charge in [-0.2, -0.15) is 0 Å². The van der Waals surface area contributed by atoms with Crippen molar-refractivity contribution >= 4 is 11.7 Å². The van der Waals surface area contributed by atoms with Crippen LogP contribution < -0.4 is 5.32 Å². The maximum atomic E-state index is 14.5. The monoisotopic (exact) mass is 520 g/mol. The smallest absolute Gasteiger partial charge is 0.251 e. The van der Waals surface area contributed by atoms with Crippen LogP contribution in [0.1, 0.15) is 89.4 Å². The number of amides is 1. The Morgan fingerprint density at radius 3 is 2.37 bits per heavy atom. The summed E-state index contributed by atoms with van der Waals surface area (Å²) in [5.41, 5.74) is 0.243. The number of ketones is 1. The Morgan fingerprint density at radius 2 is 1.71 bits per heavy atom. The van der Waals surface area contributed by atoms with Crippen LogP contribution in [-0.2, 0) is 4.79 Å². The van der Waals surface area contributed by atoms with E-state index in [2.05, 4.69) is 52.0 Å². The van der Waals surface area contributed by atoms with Gasteiger partial charge in [0.05, 0.1) is 6.61 Å². The van der Waals surface area contributed by atoms with Crippen molar-refractivity contribution in [1.82, 2.24) is 10.2 Å². The number of aliphatic hydroxyl groups is 1. The zero-order chi connectivity index (χ0) is 27.3. The molecule has 6 rings (SSSR count). The first-order chi connectivity index (χ1) is 17.9. The van der Waals surface area contributed by atoms with E-state index in [0.29, 0.717) is 35.6 Å². The predicted molar refractivity (Wildman–Crippen MR) is 150 cm³/mol. The molecular formula is C33H48N2O3. The van der Waals surface area contributed by atoms with E-state index in [4.69, 9.17) is 0 Å². The molecule has 10 atom stereocenters. The molecule has 1 aromatic rings. The molecule has 0 radical (unpaired) electrons. The summed E-state index contributed by atoms with van der Waals surface area (Å²) in [4.78, 5) is 29.9. The van der Waals surface area contributed by atoms with Gasteiger partial charge in [-0.15, -0.1) is 0 Å². The molecule has 5 nitrogen and oxygen atoms in total. The SMILES string of the molecule is CC(C1CCC2(C)C3CCC4C(C)(CO)C(NC(=O)c5ccccc5)CCC45CC35C(=O)CC12C)N(C)C. The van der Waals surface area contributed by atoms with Gasteiger partial charge in [0.25, 0.3) is 5.91 Å². The number of hydrogen-bond donors (Lipinski definition) is 2. The molecule has 5 heteroatoms. The van der Waals surface area contributed by atoms with E-state index in [0.717, 1.165) is 32.1 Å². The molecule has 0 aliphatic heterocycles. The summed E-state index contributed by atoms with van der Waals surface area (Å²) < 4.78 is 0. The molecular weight excluding hydrogens is 472 g/mol. The third-order valence-electron chi connectivity index (χ3n) is 13.8. The van der Waals surface area contributed by atoms with Gasteiger partial charge >= 0.3 is 0 Å². The second-order valence-electron chi connectivity index (χ2n) is 14.9. The highest BCUT2D eigenvalue weighted by molar-refractivity contribution is 5.94. The number of aliphatic hydroxyl groups excluding tert-OH is 1. The van der Waals surface area contributed by atoms with Gasteiger partial charge in [0.2, 0.25) is 0 Å². The molecule has 38 heavy (non-hydrogen) atoms. The zero-order valence-electron chi connectivity index (χ0n) is 24.3. The molecule has 0 aromatic heterocycles. The number of Topliss-reactive ketones (excluding diaryl/α,β-unsaturated/α-hetero) is 1. The van der Waals surface area contributed by atoms with Gasteiger partial charge in [-0.05, 0) is 112 Å². The van der Waals surface area contributed by atoms with E-state index in [1.807, 2.05) is 30.3 Å². The van der Waals surface area contributed by atoms with Crippen LogP contribution in [0.25, 0.3) is 0 Å². The molecule has 2 N–H and O–H groups in total. The first kappa shape index (κ1) is 26.5. The van der Waals surface area contributed by atoms with E-state index in [-0.39, 0.29) is 46.1 Å². The van der Waals surface area contributed by atoms with Crippen molar-refractivity contribution in [2.75, 3.05) is 20.7 Å². The van der Waals surface area contributed by atoms with Gasteiger partial charge in [0, 0.05) is 34.9 Å². The lowest BCUT2D eigenvalue weighted by atomic mass is 9.41. The maximum Gasteiger partial charge on any atom is 0.251 e. The lowest BCUT2D eigenvalue weighted by Gasteiger charge is -2.63. The molecule has 5 fully saturated rings. The van der Waals surface area contributed by atoms with Gasteiger partial charge in [-0.3, -0.25) is 9.59 Å². The van der Waals surface area contributed by atoms with Crippen LogP contribution in [-0.4, -0.2) is 54.5 Å². The fourth-order valence-corrected chi connectivity index (χ4v) is 11.4. The van der Waals surface area contributed by atoms with Crippen LogP contribution in [0.3, 0.4) is 0 Å². The fraction of sp³-hybridized carbons (Fsp3) is 0.758. The topological polar surface area (TPSA) is 69.6 Å². The Morgan fingerprint density at radius 1 is 1.03 bits per heavy atom. The molecule has 0 bridgehead atoms. The number of rotatable bonds is 5. The summed E-state index contributed by atoms with van der Waals surface area (Å²) >= 11 is 0. The Labute approximate surface area is 229 Å². The molecule has 208 valence electrons. The predicted octanol–water partition coefficient (Wildman–Crippen LogP) is 5.33. The van der Waals surface area contributed by atoms with Gasteiger partial charge in [0.15, 0.2) is 0 Å². The van der Waals surface area contributed by atoms with Gasteiger partial charge in [-0.1, -0.05) is 39.0 Å². The molecule has 0 heterocycles. The third-order valence-corrected chi connectivity index (χ3v) is 13.8. The van der Waals surface area contributed by atoms with Crippen LogP contribution in [0, 0.1) is 44.8 Å². The molecule has 5 saturated carbocycles. The number of carbonyl (C=O) groups excluding carboxylic acids is 2. The van der Waals surface area contributed by atoms with Gasteiger partial charge in [0.1, 0.15) is 5.78 Å². The maximum absolute atomic E-state index is 14.5. The second kappa shape index (κ2) is 8.39. The molecule has 1 amide bonds. The third kappa shape index (κ3) is 3.07. The standard InChI is InChI=1S/C33H48N2O3/c1-21(35(5)6)23-14-16-30(3)25-13-12-24-29(2,20-36)26(34-28(38)22-10-8-7-9-11-22)15-17-32(24)19-33(25,32)27(37)18-31(23,30)4/h7-11,21,23-26,36H,12-20H2,1-6H3,(H,34,38). The first-order valence-electron chi connectivity index (χ1n) is 15.1. The van der Waals surface area contributed by atoms with Crippen molar-refractivity contribution in [3.8, 4) is 0 Å². The largest absolute Gasteiger partial charge is 0.396 e. The highest BCUT2D eigenvalue weighted by Gasteiger charge is 2.85. The number of nitrogens with zero attached hydrogens (tertiary/aromatic N) is 1. The Kier molecular flexibility index (Phi) is 5.85. The molecule has 1 aromatic carbocycles. The minimum Gasteiger partial charge on any atom is -0.396 e. The molecule has 10 unspecified atom stereocenters. The van der Waals surface area contributed by atoms with Crippen molar-refractivity contribution in [3.05, 3.63) is 35.9 Å². The average molecular weight is 521 g/mol. The van der Waals surface area contributed by atoms with Crippen molar-refractivity contribution in [1.29, 1.82) is 0 Å². The first-order valence-corrected chi connectivity index (χ1v) is 15.1. The van der Waals surface area contributed by atoms with Crippen LogP contribution in [0.5, 0.6) is 0 Å². The van der Waals surface area contributed by atoms with Crippen molar-refractivity contribution in [2.45, 2.75) is 91.1 Å². The molecule has 5 aliphatic rings. The van der Waals surface area contributed by atoms with Crippen LogP contribution in [0.4, 0.5) is 0 Å². The molecule has 2 spiro atoms. The summed E-state index contributed by atoms with van der Waals surface area (Å²) in [7, 11) is 4.36. The van der Waals surface area contributed by atoms with Crippen LogP contribution in [0.15, 0.2) is 30.3 Å². The van der Waals surface area contributed by atoms with E-state index in [1.165, 1.54) is 12.8 Å². The lowest BCUT2D eigenvalue weighted by Crippen LogP contribution is -2.63. The molecule has 0 saturated heterocycles. The van der Waals surface area contributed by atoms with Crippen LogP contribution >= 0.6 is 0 Å². The summed E-state index contributed by atoms with van der Waals surface area (Å²) in [5.74, 6) is 1.71. The minimum atomic E-state index is -0.420. The quantitative estimate of drug-likeness (QED) is 0.551. The van der Waals surface area contributed by atoms with E-state index >= 15 is 0 Å². The van der Waals surface area contributed by atoms with Gasteiger partial charge < -0.3 is 15.3 Å². The van der Waals surface area contributed by atoms with Crippen molar-refractivity contribution in [3.63, 3.8) is 0 Å². The summed E-state index contributed by atoms with van der Waals surface area (Å²) in [6, 6.07) is 9.78. The van der Waals surface area contributed by atoms with E-state index in [1.54, 1.807) is 0 Å². The second-order valence-corrected chi connectivity index (χ2v) is 14.9. The average Bonchev–Trinajstić information content (AvgIpc) is 3.52. The molecule has 5 aliphatic carbocycles. The van der Waals surface area contributed by atoms with E-state index in [9.17, 15) is 14.7 Å². The number of benzene rings is 1. The summed E-state index contributed by atoms with van der Waals surface area (Å²) in [6.07, 6.45) is 8.09. The minimum absolute atomic E-state index is 0.00591. The van der Waals surface area contributed by atoms with Gasteiger partial charge in [-0.25, -0.2) is 0 Å². The van der Waals surface area contributed by atoms with E-state index < -0.39 is 5.41 Å². The Balaban J connectivity index is 1.31. The Bertz CT molecular complexity index is 1140. The number of nitrogens with one attached hydrogen (secondary N) is 1. The summed E-state index contributed by atoms with van der Waals surface area (Å²) in [5, 5.41) is 14.2. The number of fused-ring (bicyclic) bond motifs is 2. The number of hydrogen-bond acceptors (Lipinski definition) is 4. The normalized spacial score (nSPS) is 47.9. The zero-order valence-corrected chi connectivity index (χ0v) is 24.3. The van der Waals surface area contributed by atoms with Crippen LogP contribution in [0.2, 0.25) is 0 Å². The number of carbonyl (C=O) groups is 2. The fourth-order valence-electron chi connectivity index (χ4n) is 11.4. The highest BCUT2D eigenvalue weighted by atomic mass is 16.3. The Hall–Kier alpha value is -1.72. The summed E-state index contributed by atoms with van der Waals surface area (Å²) in [6.45, 7) is 9.57.